The minimum absolute atomic E-state index is 0.747. The van der Waals surface area contributed by atoms with Gasteiger partial charge in [-0.2, -0.15) is 0 Å². The average molecular weight is 413 g/mol. The number of ether oxygens (including phenoxy) is 2. The number of rotatable bonds is 14. The molecule has 0 fully saturated rings. The second-order valence-corrected chi connectivity index (χ2v) is 8.10. The maximum atomic E-state index is 6.43. The van der Waals surface area contributed by atoms with E-state index in [0.29, 0.717) is 0 Å². The number of unbranched alkanes of at least 4 members (excludes halogenated alkanes) is 2. The van der Waals surface area contributed by atoms with Gasteiger partial charge in [0.25, 0.3) is 0 Å². The van der Waals surface area contributed by atoms with Crippen molar-refractivity contribution in [3.05, 3.63) is 53.6 Å². The lowest BCUT2D eigenvalue weighted by molar-refractivity contribution is 0.158. The summed E-state index contributed by atoms with van der Waals surface area (Å²) in [7, 11) is 3.90. The molecule has 0 spiro atoms. The van der Waals surface area contributed by atoms with Crippen molar-refractivity contribution in [1.82, 2.24) is 4.90 Å². The molecule has 0 saturated heterocycles. The van der Waals surface area contributed by atoms with Crippen molar-refractivity contribution in [3.8, 4) is 11.5 Å². The molecule has 0 N–H and O–H groups in total. The van der Waals surface area contributed by atoms with Gasteiger partial charge in [-0.05, 0) is 56.1 Å². The molecule has 2 aromatic carbocycles. The first-order chi connectivity index (χ1) is 14.6. The van der Waals surface area contributed by atoms with Crippen LogP contribution < -0.4 is 9.64 Å². The highest BCUT2D eigenvalue weighted by Crippen LogP contribution is 2.37. The molecule has 0 unspecified atom stereocenters. The Kier molecular flexibility index (Phi) is 10.7. The molecule has 166 valence electrons. The van der Waals surface area contributed by atoms with Crippen molar-refractivity contribution >= 4 is 5.69 Å². The molecule has 2 aromatic rings. The van der Waals surface area contributed by atoms with E-state index in [-0.39, 0.29) is 0 Å². The Bertz CT molecular complexity index is 725. The van der Waals surface area contributed by atoms with Gasteiger partial charge in [0, 0.05) is 33.3 Å². The van der Waals surface area contributed by atoms with Gasteiger partial charge in [0.1, 0.15) is 5.75 Å². The highest BCUT2D eigenvalue weighted by Gasteiger charge is 2.17. The molecule has 0 aliphatic carbocycles. The first-order valence-corrected chi connectivity index (χ1v) is 11.4. The van der Waals surface area contributed by atoms with Crippen LogP contribution in [-0.4, -0.2) is 45.3 Å². The molecule has 0 aliphatic heterocycles. The van der Waals surface area contributed by atoms with Gasteiger partial charge in [-0.1, -0.05) is 51.0 Å². The molecule has 0 heterocycles. The average Bonchev–Trinajstić information content (AvgIpc) is 2.75. The van der Waals surface area contributed by atoms with E-state index in [1.165, 1.54) is 42.5 Å². The van der Waals surface area contributed by atoms with E-state index in [2.05, 4.69) is 49.8 Å². The van der Waals surface area contributed by atoms with Crippen molar-refractivity contribution in [2.24, 2.45) is 0 Å². The number of methoxy groups -OCH3 is 1. The van der Waals surface area contributed by atoms with Gasteiger partial charge in [0.05, 0.1) is 12.3 Å². The summed E-state index contributed by atoms with van der Waals surface area (Å²) in [6.07, 6.45) is 4.75. The molecule has 0 aromatic heterocycles. The third kappa shape index (κ3) is 7.66. The Balaban J connectivity index is 2.39. The van der Waals surface area contributed by atoms with Crippen molar-refractivity contribution in [2.75, 3.05) is 45.3 Å². The van der Waals surface area contributed by atoms with E-state index >= 15 is 0 Å². The van der Waals surface area contributed by atoms with Crippen molar-refractivity contribution < 1.29 is 9.47 Å². The Labute approximate surface area is 183 Å². The van der Waals surface area contributed by atoms with Crippen LogP contribution in [0.3, 0.4) is 0 Å². The van der Waals surface area contributed by atoms with Crippen LogP contribution in [0, 0.1) is 6.92 Å². The molecule has 30 heavy (non-hydrogen) atoms. The van der Waals surface area contributed by atoms with Crippen molar-refractivity contribution in [3.63, 3.8) is 0 Å². The summed E-state index contributed by atoms with van der Waals surface area (Å²) < 4.78 is 11.7. The van der Waals surface area contributed by atoms with Crippen LogP contribution in [-0.2, 0) is 11.3 Å². The first kappa shape index (κ1) is 24.2. The molecule has 0 bridgehead atoms. The highest BCUT2D eigenvalue weighted by atomic mass is 16.5. The van der Waals surface area contributed by atoms with Crippen LogP contribution in [0.25, 0.3) is 0 Å². The molecule has 0 atom stereocenters. The molecular weight excluding hydrogens is 372 g/mol. The Morgan fingerprint density at radius 2 is 1.57 bits per heavy atom. The zero-order chi connectivity index (χ0) is 21.8. The molecule has 0 aliphatic rings. The molecule has 0 radical (unpaired) electrons. The maximum Gasteiger partial charge on any atom is 0.153 e. The third-order valence-electron chi connectivity index (χ3n) is 5.31. The molecule has 0 amide bonds. The van der Waals surface area contributed by atoms with Crippen molar-refractivity contribution in [1.29, 1.82) is 0 Å². The summed E-state index contributed by atoms with van der Waals surface area (Å²) in [4.78, 5) is 4.83. The topological polar surface area (TPSA) is 24.9 Å². The van der Waals surface area contributed by atoms with Crippen molar-refractivity contribution in [2.45, 2.75) is 53.0 Å². The van der Waals surface area contributed by atoms with Crippen LogP contribution in [0.4, 0.5) is 5.69 Å². The van der Waals surface area contributed by atoms with Gasteiger partial charge in [-0.15, -0.1) is 0 Å². The van der Waals surface area contributed by atoms with E-state index in [4.69, 9.17) is 9.47 Å². The van der Waals surface area contributed by atoms with E-state index in [1.54, 1.807) is 7.11 Å². The Morgan fingerprint density at radius 1 is 0.900 bits per heavy atom. The third-order valence-corrected chi connectivity index (χ3v) is 5.31. The zero-order valence-corrected chi connectivity index (χ0v) is 19.6. The lowest BCUT2D eigenvalue weighted by Crippen LogP contribution is -2.27. The van der Waals surface area contributed by atoms with E-state index in [0.717, 1.165) is 44.3 Å². The number of nitrogens with zero attached hydrogens (tertiary/aromatic N) is 2. The number of benzene rings is 2. The predicted molar refractivity (Wildman–Crippen MR) is 128 cm³/mol. The van der Waals surface area contributed by atoms with Gasteiger partial charge < -0.3 is 14.4 Å². The number of hydrogen-bond acceptors (Lipinski definition) is 4. The van der Waals surface area contributed by atoms with Gasteiger partial charge in [-0.25, -0.2) is 0 Å². The second kappa shape index (κ2) is 13.3. The molecular formula is C26H40N2O2. The fourth-order valence-electron chi connectivity index (χ4n) is 3.58. The van der Waals surface area contributed by atoms with Gasteiger partial charge in [-0.3, -0.25) is 4.90 Å². The summed E-state index contributed by atoms with van der Waals surface area (Å²) in [5.74, 6) is 1.87. The van der Waals surface area contributed by atoms with Crippen LogP contribution >= 0.6 is 0 Å². The van der Waals surface area contributed by atoms with Gasteiger partial charge in [0.2, 0.25) is 0 Å². The van der Waals surface area contributed by atoms with Crippen LogP contribution in [0.1, 0.15) is 50.7 Å². The summed E-state index contributed by atoms with van der Waals surface area (Å²) in [6.45, 7) is 11.4. The largest absolute Gasteiger partial charge is 0.455 e. The standard InChI is InChI=1S/C26H40N2O2/c1-6-8-15-28(16-9-7-2)25-20-23(21-27(4)17-18-29-5)19-22(3)26(25)30-24-13-11-10-12-14-24/h10-14,19-20H,6-9,15-18,21H2,1-5H3. The summed E-state index contributed by atoms with van der Waals surface area (Å²) in [6, 6.07) is 14.7. The predicted octanol–water partition coefficient (Wildman–Crippen LogP) is 6.27. The second-order valence-electron chi connectivity index (χ2n) is 8.10. The summed E-state index contributed by atoms with van der Waals surface area (Å²) in [5.41, 5.74) is 3.72. The minimum atomic E-state index is 0.747. The van der Waals surface area contributed by atoms with Crippen LogP contribution in [0.2, 0.25) is 0 Å². The number of anilines is 1. The smallest absolute Gasteiger partial charge is 0.153 e. The normalized spacial score (nSPS) is 11.1. The molecule has 4 heteroatoms. The van der Waals surface area contributed by atoms with E-state index < -0.39 is 0 Å². The Hall–Kier alpha value is -2.04. The molecule has 2 rings (SSSR count). The number of likely N-dealkylation sites (N-methyl/N-ethyl adjacent to an activating group) is 1. The first-order valence-electron chi connectivity index (χ1n) is 11.4. The fourth-order valence-corrected chi connectivity index (χ4v) is 3.58. The lowest BCUT2D eigenvalue weighted by Gasteiger charge is -2.29. The zero-order valence-electron chi connectivity index (χ0n) is 19.6. The summed E-state index contributed by atoms with van der Waals surface area (Å²) in [5, 5.41) is 0. The lowest BCUT2D eigenvalue weighted by atomic mass is 10.1. The quantitative estimate of drug-likeness (QED) is 0.365. The van der Waals surface area contributed by atoms with Crippen LogP contribution in [0.5, 0.6) is 11.5 Å². The summed E-state index contributed by atoms with van der Waals surface area (Å²) >= 11 is 0. The number of hydrogen-bond donors (Lipinski definition) is 0. The van der Waals surface area contributed by atoms with E-state index in [1.807, 2.05) is 30.3 Å². The SMILES string of the molecule is CCCCN(CCCC)c1cc(CN(C)CCOC)cc(C)c1Oc1ccccc1. The maximum absolute atomic E-state index is 6.43. The monoisotopic (exact) mass is 412 g/mol. The minimum Gasteiger partial charge on any atom is -0.455 e. The molecule has 0 saturated carbocycles. The number of aryl methyl sites for hydroxylation is 1. The Morgan fingerprint density at radius 3 is 2.17 bits per heavy atom. The highest BCUT2D eigenvalue weighted by molar-refractivity contribution is 5.64. The van der Waals surface area contributed by atoms with Crippen LogP contribution in [0.15, 0.2) is 42.5 Å². The fraction of sp³-hybridized carbons (Fsp3) is 0.538. The molecule has 4 nitrogen and oxygen atoms in total. The number of para-hydroxylation sites is 1. The van der Waals surface area contributed by atoms with Gasteiger partial charge in [0.15, 0.2) is 5.75 Å². The van der Waals surface area contributed by atoms with Gasteiger partial charge >= 0.3 is 0 Å². The van der Waals surface area contributed by atoms with E-state index in [9.17, 15) is 0 Å².